The maximum Gasteiger partial charge on any atom is 0.375 e. The lowest BCUT2D eigenvalue weighted by Gasteiger charge is -2.14. The number of Topliss-reactive ketones (excluding diaryl/α,β-unsaturated/α-hetero) is 2. The van der Waals surface area contributed by atoms with Crippen LogP contribution in [-0.2, 0) is 23.9 Å². The zero-order valence-electron chi connectivity index (χ0n) is 17.3. The van der Waals surface area contributed by atoms with Gasteiger partial charge in [0.05, 0.1) is 43.8 Å². The summed E-state index contributed by atoms with van der Waals surface area (Å²) >= 11 is 17.7. The number of hydrogen-bond donors (Lipinski definition) is 2. The number of anilines is 1. The number of amides is 1. The van der Waals surface area contributed by atoms with Crippen LogP contribution in [0.5, 0.6) is 0 Å². The Labute approximate surface area is 209 Å². The molecular formula is C20H11Cl3N4O8. The summed E-state index contributed by atoms with van der Waals surface area (Å²) in [4.78, 5) is 79.3. The molecule has 1 heterocycles. The first-order valence-corrected chi connectivity index (χ1v) is 10.4. The van der Waals surface area contributed by atoms with Crippen LogP contribution in [-0.4, -0.2) is 45.4 Å². The summed E-state index contributed by atoms with van der Waals surface area (Å²) in [5.41, 5.74) is -2.60. The van der Waals surface area contributed by atoms with Crippen LogP contribution in [0.25, 0.3) is 11.0 Å². The lowest BCUT2D eigenvalue weighted by atomic mass is 9.94. The monoisotopic (exact) mass is 540 g/mol. The molecule has 0 unspecified atom stereocenters. The van der Waals surface area contributed by atoms with Crippen molar-refractivity contribution in [3.8, 4) is 0 Å². The number of nitro groups is 1. The minimum Gasteiger partial charge on any atom is -0.463 e. The maximum atomic E-state index is 13.0. The summed E-state index contributed by atoms with van der Waals surface area (Å²) in [7, 11) is 0.856. The Hall–Kier alpha value is -3.87. The van der Waals surface area contributed by atoms with E-state index in [0.29, 0.717) is 0 Å². The number of aromatic amines is 1. The molecular weight excluding hydrogens is 531 g/mol. The quantitative estimate of drug-likeness (QED) is 0.114. The number of nitrogens with one attached hydrogen (secondary N) is 2. The number of esters is 1. The van der Waals surface area contributed by atoms with Crippen molar-refractivity contribution >= 4 is 80.7 Å². The van der Waals surface area contributed by atoms with Crippen molar-refractivity contribution in [3.63, 3.8) is 0 Å². The van der Waals surface area contributed by atoms with Gasteiger partial charge in [-0.25, -0.2) is 9.78 Å². The highest BCUT2D eigenvalue weighted by Crippen LogP contribution is 2.32. The normalized spacial score (nSPS) is 11.5. The fraction of sp³-hybridized carbons (Fsp3) is 0.100. The van der Waals surface area contributed by atoms with Gasteiger partial charge in [0.2, 0.25) is 5.78 Å². The van der Waals surface area contributed by atoms with Gasteiger partial charge >= 0.3 is 5.97 Å². The third-order valence-electron chi connectivity index (χ3n) is 4.58. The van der Waals surface area contributed by atoms with Crippen LogP contribution in [0.4, 0.5) is 11.4 Å². The molecule has 0 saturated heterocycles. The molecule has 3 rings (SSSR count). The van der Waals surface area contributed by atoms with Crippen molar-refractivity contribution in [2.45, 2.75) is 5.92 Å². The molecule has 1 amide bonds. The number of ketones is 2. The molecule has 15 heteroatoms. The molecule has 0 spiro atoms. The molecule has 180 valence electrons. The fourth-order valence-corrected chi connectivity index (χ4v) is 3.51. The molecule has 2 aromatic carbocycles. The molecule has 3 aromatic rings. The van der Waals surface area contributed by atoms with Crippen LogP contribution in [0.1, 0.15) is 11.6 Å². The van der Waals surface area contributed by atoms with Crippen LogP contribution >= 0.6 is 34.8 Å². The van der Waals surface area contributed by atoms with Crippen molar-refractivity contribution in [2.24, 2.45) is 0 Å². The summed E-state index contributed by atoms with van der Waals surface area (Å²) in [5.74, 6) is -8.34. The Morgan fingerprint density at radius 1 is 1.06 bits per heavy atom. The molecule has 0 saturated carbocycles. The van der Waals surface area contributed by atoms with Gasteiger partial charge in [0.25, 0.3) is 22.9 Å². The smallest absolute Gasteiger partial charge is 0.375 e. The first kappa shape index (κ1) is 25.7. The molecule has 35 heavy (non-hydrogen) atoms. The third kappa shape index (κ3) is 5.29. The SMILES string of the molecule is COC(=O)C(=O)[C@H](C(=O)C(=O)Nc1cc(Cl)c(Cl)cc1Cl)c1nc2ccc([N+](=O)[O-])cc2[nH]c1=O. The number of nitrogens with zero attached hydrogens (tertiary/aromatic N) is 2. The molecule has 0 aliphatic rings. The number of ether oxygens (including phenoxy) is 1. The summed E-state index contributed by atoms with van der Waals surface area (Å²) in [6.07, 6.45) is 0. The second-order valence-electron chi connectivity index (χ2n) is 6.76. The number of methoxy groups -OCH3 is 1. The highest BCUT2D eigenvalue weighted by Gasteiger charge is 2.40. The number of H-pyrrole nitrogens is 1. The standard InChI is InChI=1S/C20H11Cl3N4O8/c1-35-20(32)17(29)14(16(28)19(31)25-12-6-9(22)8(21)5-10(12)23)15-18(30)26-13-4-7(27(33)34)2-3-11(13)24-15/h2-6,14H,1H3,(H,25,31)(H,26,30)/t14-/m0/s1. The van der Waals surface area contributed by atoms with Gasteiger partial charge < -0.3 is 15.0 Å². The lowest BCUT2D eigenvalue weighted by Crippen LogP contribution is -2.39. The number of benzene rings is 2. The number of carbonyl (C=O) groups excluding carboxylic acids is 4. The van der Waals surface area contributed by atoms with Gasteiger partial charge in [0.15, 0.2) is 0 Å². The predicted octanol–water partition coefficient (Wildman–Crippen LogP) is 2.83. The van der Waals surface area contributed by atoms with E-state index in [1.165, 1.54) is 6.07 Å². The van der Waals surface area contributed by atoms with E-state index < -0.39 is 45.5 Å². The van der Waals surface area contributed by atoms with E-state index in [-0.39, 0.29) is 37.5 Å². The number of halogens is 3. The molecule has 12 nitrogen and oxygen atoms in total. The first-order valence-electron chi connectivity index (χ1n) is 9.24. The van der Waals surface area contributed by atoms with E-state index in [0.717, 1.165) is 31.4 Å². The van der Waals surface area contributed by atoms with Gasteiger partial charge in [-0.05, 0) is 18.2 Å². The van der Waals surface area contributed by atoms with Gasteiger partial charge in [-0.3, -0.25) is 29.3 Å². The van der Waals surface area contributed by atoms with Crippen LogP contribution in [0.3, 0.4) is 0 Å². The van der Waals surface area contributed by atoms with E-state index in [4.69, 9.17) is 34.8 Å². The van der Waals surface area contributed by atoms with Crippen molar-refractivity contribution in [2.75, 3.05) is 12.4 Å². The summed E-state index contributed by atoms with van der Waals surface area (Å²) in [6.45, 7) is 0. The van der Waals surface area contributed by atoms with E-state index >= 15 is 0 Å². The van der Waals surface area contributed by atoms with Crippen molar-refractivity contribution in [3.05, 3.63) is 71.6 Å². The lowest BCUT2D eigenvalue weighted by molar-refractivity contribution is -0.384. The number of rotatable bonds is 7. The molecule has 0 aliphatic heterocycles. The second kappa shape index (κ2) is 10.2. The molecule has 2 N–H and O–H groups in total. The van der Waals surface area contributed by atoms with Crippen molar-refractivity contribution in [1.29, 1.82) is 0 Å². The van der Waals surface area contributed by atoms with Crippen LogP contribution in [0.15, 0.2) is 35.1 Å². The summed E-state index contributed by atoms with van der Waals surface area (Å²) in [5, 5.41) is 13.0. The van der Waals surface area contributed by atoms with E-state index in [1.807, 2.05) is 0 Å². The van der Waals surface area contributed by atoms with Gasteiger partial charge in [-0.15, -0.1) is 0 Å². The Balaban J connectivity index is 2.08. The number of carbonyl (C=O) groups is 4. The van der Waals surface area contributed by atoms with Gasteiger partial charge in [-0.1, -0.05) is 34.8 Å². The van der Waals surface area contributed by atoms with E-state index in [9.17, 15) is 34.1 Å². The summed E-state index contributed by atoms with van der Waals surface area (Å²) < 4.78 is 4.34. The van der Waals surface area contributed by atoms with Gasteiger partial charge in [0, 0.05) is 12.1 Å². The van der Waals surface area contributed by atoms with Crippen LogP contribution in [0.2, 0.25) is 15.1 Å². The van der Waals surface area contributed by atoms with Crippen molar-refractivity contribution < 1.29 is 28.8 Å². The molecule has 0 bridgehead atoms. The number of fused-ring (bicyclic) bond motifs is 1. The molecule has 0 aliphatic carbocycles. The third-order valence-corrected chi connectivity index (χ3v) is 5.61. The topological polar surface area (TPSA) is 178 Å². The first-order chi connectivity index (χ1) is 16.4. The Bertz CT molecular complexity index is 1490. The second-order valence-corrected chi connectivity index (χ2v) is 7.98. The van der Waals surface area contributed by atoms with E-state index in [1.54, 1.807) is 0 Å². The molecule has 0 fully saturated rings. The van der Waals surface area contributed by atoms with Crippen LogP contribution < -0.4 is 10.9 Å². The number of non-ortho nitro benzene ring substituents is 1. The largest absolute Gasteiger partial charge is 0.463 e. The maximum absolute atomic E-state index is 13.0. The minimum absolute atomic E-state index is 0.0114. The Morgan fingerprint density at radius 2 is 1.71 bits per heavy atom. The highest BCUT2D eigenvalue weighted by molar-refractivity contribution is 6.53. The number of hydrogen-bond acceptors (Lipinski definition) is 9. The Kier molecular flexibility index (Phi) is 7.48. The molecule has 0 radical (unpaired) electrons. The summed E-state index contributed by atoms with van der Waals surface area (Å²) in [6, 6.07) is 5.55. The van der Waals surface area contributed by atoms with E-state index in [2.05, 4.69) is 20.0 Å². The molecule has 1 atom stereocenters. The van der Waals surface area contributed by atoms with Crippen molar-refractivity contribution in [1.82, 2.24) is 9.97 Å². The van der Waals surface area contributed by atoms with Crippen LogP contribution in [0, 0.1) is 10.1 Å². The number of aromatic nitrogens is 2. The molecule has 1 aromatic heterocycles. The zero-order chi connectivity index (χ0) is 26.0. The van der Waals surface area contributed by atoms with Gasteiger partial charge in [-0.2, -0.15) is 0 Å². The minimum atomic E-state index is -2.30. The van der Waals surface area contributed by atoms with Gasteiger partial charge in [0.1, 0.15) is 11.6 Å². The predicted molar refractivity (Wildman–Crippen MR) is 124 cm³/mol. The number of nitro benzene ring substituents is 1. The fourth-order valence-electron chi connectivity index (χ4n) is 2.92. The average molecular weight is 542 g/mol. The Morgan fingerprint density at radius 3 is 2.34 bits per heavy atom. The zero-order valence-corrected chi connectivity index (χ0v) is 19.5. The average Bonchev–Trinajstić information content (AvgIpc) is 2.81. The highest BCUT2D eigenvalue weighted by atomic mass is 35.5.